The Hall–Kier alpha value is -4.09. The zero-order valence-corrected chi connectivity index (χ0v) is 23.2. The van der Waals surface area contributed by atoms with Crippen LogP contribution in [-0.4, -0.2) is 81.9 Å². The second-order valence-electron chi connectivity index (χ2n) is 10.8. The number of nitrogens with zero attached hydrogens (tertiary/aromatic N) is 5. The summed E-state index contributed by atoms with van der Waals surface area (Å²) in [4.78, 5) is 31.5. The fourth-order valence-electron chi connectivity index (χ4n) is 5.21. The van der Waals surface area contributed by atoms with E-state index >= 15 is 4.39 Å². The van der Waals surface area contributed by atoms with Crippen LogP contribution in [0, 0.1) is 18.6 Å². The number of benzene rings is 2. The van der Waals surface area contributed by atoms with Gasteiger partial charge in [0.05, 0.1) is 11.2 Å². The summed E-state index contributed by atoms with van der Waals surface area (Å²) in [6.45, 7) is 7.86. The minimum absolute atomic E-state index is 0.0871. The summed E-state index contributed by atoms with van der Waals surface area (Å²) in [6.07, 6.45) is 2.26. The van der Waals surface area contributed by atoms with E-state index in [4.69, 9.17) is 4.74 Å². The number of halogens is 2. The van der Waals surface area contributed by atoms with E-state index in [2.05, 4.69) is 49.2 Å². The monoisotopic (exact) mass is 561 g/mol. The fraction of sp³-hybridized carbons (Fsp3) is 0.367. The molecule has 4 aromatic rings. The van der Waals surface area contributed by atoms with Gasteiger partial charge in [-0.2, -0.15) is 0 Å². The smallest absolute Gasteiger partial charge is 0.259 e. The van der Waals surface area contributed by atoms with Gasteiger partial charge in [0.15, 0.2) is 17.4 Å². The minimum Gasteiger partial charge on any atom is -0.484 e. The Morgan fingerprint density at radius 2 is 1.80 bits per heavy atom. The number of piperazine rings is 1. The average molecular weight is 562 g/mol. The quantitative estimate of drug-likeness (QED) is 0.328. The number of nitrogens with one attached hydrogen (secondary N) is 2. The van der Waals surface area contributed by atoms with Crippen molar-refractivity contribution >= 4 is 28.3 Å². The molecule has 2 fully saturated rings. The number of hydrogen-bond acceptors (Lipinski definition) is 7. The third-order valence-corrected chi connectivity index (χ3v) is 7.77. The molecule has 9 nitrogen and oxygen atoms in total. The summed E-state index contributed by atoms with van der Waals surface area (Å²) in [7, 11) is 2.14. The molecule has 0 bridgehead atoms. The van der Waals surface area contributed by atoms with Crippen molar-refractivity contribution in [1.29, 1.82) is 0 Å². The number of likely N-dealkylation sites (N-methyl/N-ethyl adjacent to an activating group) is 1. The van der Waals surface area contributed by atoms with Crippen LogP contribution in [0.5, 0.6) is 5.75 Å². The molecule has 11 heteroatoms. The van der Waals surface area contributed by atoms with Gasteiger partial charge >= 0.3 is 0 Å². The number of likely N-dealkylation sites (tertiary alicyclic amines) is 1. The van der Waals surface area contributed by atoms with Gasteiger partial charge in [0, 0.05) is 68.6 Å². The maximum atomic E-state index is 15.1. The van der Waals surface area contributed by atoms with Crippen LogP contribution in [-0.2, 0) is 13.2 Å². The number of aryl methyl sites for hydroxylation is 1. The fourth-order valence-corrected chi connectivity index (χ4v) is 5.21. The topological polar surface area (TPSA) is 89.6 Å². The van der Waals surface area contributed by atoms with Crippen molar-refractivity contribution in [3.05, 3.63) is 76.9 Å². The highest BCUT2D eigenvalue weighted by atomic mass is 19.1. The molecule has 0 aliphatic carbocycles. The second kappa shape index (κ2) is 11.4. The molecule has 2 N–H and O–H groups in total. The summed E-state index contributed by atoms with van der Waals surface area (Å²) >= 11 is 0. The maximum Gasteiger partial charge on any atom is 0.259 e. The lowest BCUT2D eigenvalue weighted by Crippen LogP contribution is -2.43. The molecule has 0 radical (unpaired) electrons. The first kappa shape index (κ1) is 27.1. The van der Waals surface area contributed by atoms with E-state index in [1.807, 2.05) is 12.1 Å². The van der Waals surface area contributed by atoms with Gasteiger partial charge in [-0.3, -0.25) is 9.69 Å². The lowest BCUT2D eigenvalue weighted by atomic mass is 10.1. The Morgan fingerprint density at radius 3 is 2.51 bits per heavy atom. The number of rotatable bonds is 8. The number of fused-ring (bicyclic) bond motifs is 1. The van der Waals surface area contributed by atoms with E-state index in [1.165, 1.54) is 18.0 Å². The van der Waals surface area contributed by atoms with Crippen LogP contribution in [0.3, 0.4) is 0 Å². The number of amides is 1. The number of aromatic nitrogens is 3. The number of aromatic amines is 1. The number of carbonyl (C=O) groups excluding carboxylic acids is 1. The van der Waals surface area contributed by atoms with Gasteiger partial charge < -0.3 is 24.8 Å². The summed E-state index contributed by atoms with van der Waals surface area (Å²) in [6, 6.07) is 10.6. The van der Waals surface area contributed by atoms with E-state index in [1.54, 1.807) is 11.8 Å². The molecule has 2 aromatic carbocycles. The van der Waals surface area contributed by atoms with Gasteiger partial charge in [-0.05, 0) is 44.2 Å². The molecule has 6 rings (SSSR count). The van der Waals surface area contributed by atoms with E-state index in [0.717, 1.165) is 50.9 Å². The zero-order chi connectivity index (χ0) is 28.5. The van der Waals surface area contributed by atoms with Crippen molar-refractivity contribution in [2.45, 2.75) is 26.5 Å². The molecule has 2 aliphatic rings. The third-order valence-electron chi connectivity index (χ3n) is 7.77. The number of ether oxygens (including phenoxy) is 1. The highest BCUT2D eigenvalue weighted by molar-refractivity contribution is 6.00. The molecule has 41 heavy (non-hydrogen) atoms. The molecule has 2 saturated heterocycles. The Balaban J connectivity index is 1.23. The largest absolute Gasteiger partial charge is 0.484 e. The van der Waals surface area contributed by atoms with Crippen LogP contribution in [0.4, 0.5) is 20.3 Å². The molecule has 1 amide bonds. The number of carbonyl (C=O) groups is 1. The van der Waals surface area contributed by atoms with Crippen molar-refractivity contribution in [2.24, 2.45) is 0 Å². The first-order valence-electron chi connectivity index (χ1n) is 13.9. The van der Waals surface area contributed by atoms with E-state index < -0.39 is 11.6 Å². The highest BCUT2D eigenvalue weighted by Gasteiger charge is 2.28. The van der Waals surface area contributed by atoms with Crippen LogP contribution in [0.2, 0.25) is 0 Å². The van der Waals surface area contributed by atoms with Crippen LogP contribution >= 0.6 is 0 Å². The lowest BCUT2D eigenvalue weighted by Gasteiger charge is -2.32. The molecule has 0 atom stereocenters. The summed E-state index contributed by atoms with van der Waals surface area (Å²) in [5, 5.41) is 3.37. The van der Waals surface area contributed by atoms with Gasteiger partial charge in [-0.15, -0.1) is 0 Å². The SMILES string of the molecule is Cc1cc2c(F)c(OCc3ncnc(Nc4ccc(CN5CCN(C)CC5)cc4)c3C(=O)N3CCC3)cc(F)c2[nH]1. The first-order valence-corrected chi connectivity index (χ1v) is 13.9. The molecule has 214 valence electrons. The molecular weight excluding hydrogens is 528 g/mol. The number of anilines is 2. The zero-order valence-electron chi connectivity index (χ0n) is 23.2. The Morgan fingerprint density at radius 1 is 1.05 bits per heavy atom. The number of hydrogen-bond donors (Lipinski definition) is 2. The van der Waals surface area contributed by atoms with Crippen molar-refractivity contribution in [1.82, 2.24) is 29.7 Å². The van der Waals surface area contributed by atoms with Crippen LogP contribution in [0.1, 0.15) is 33.7 Å². The normalized spacial score (nSPS) is 16.1. The average Bonchev–Trinajstić information content (AvgIpc) is 3.34. The number of H-pyrrole nitrogens is 1. The summed E-state index contributed by atoms with van der Waals surface area (Å²) in [5.41, 5.74) is 3.25. The predicted molar refractivity (Wildman–Crippen MR) is 152 cm³/mol. The van der Waals surface area contributed by atoms with Gasteiger partial charge in [0.2, 0.25) is 0 Å². The Kier molecular flexibility index (Phi) is 7.55. The molecule has 2 aliphatic heterocycles. The molecule has 0 saturated carbocycles. The van der Waals surface area contributed by atoms with Gasteiger partial charge in [-0.25, -0.2) is 18.7 Å². The van der Waals surface area contributed by atoms with Crippen LogP contribution < -0.4 is 10.1 Å². The standard InChI is InChI=1S/C30H33F2N7O2/c1-19-14-22-27(32)25(15-23(31)28(22)35-19)41-17-24-26(30(40)39-8-3-9-39)29(34-18-33-24)36-21-6-4-20(5-7-21)16-38-12-10-37(2)11-13-38/h4-7,14-15,18,35H,3,8-13,16-17H2,1-2H3,(H,33,34,36). The third kappa shape index (κ3) is 5.73. The van der Waals surface area contributed by atoms with Crippen molar-refractivity contribution in [3.63, 3.8) is 0 Å². The minimum atomic E-state index is -0.676. The van der Waals surface area contributed by atoms with Crippen LogP contribution in [0.15, 0.2) is 42.7 Å². The van der Waals surface area contributed by atoms with Crippen molar-refractivity contribution in [2.75, 3.05) is 51.6 Å². The van der Waals surface area contributed by atoms with E-state index in [0.29, 0.717) is 24.6 Å². The molecule has 0 spiro atoms. The van der Waals surface area contributed by atoms with Crippen molar-refractivity contribution < 1.29 is 18.3 Å². The van der Waals surface area contributed by atoms with Crippen molar-refractivity contribution in [3.8, 4) is 5.75 Å². The van der Waals surface area contributed by atoms with Gasteiger partial charge in [-0.1, -0.05) is 12.1 Å². The van der Waals surface area contributed by atoms with Crippen LogP contribution in [0.25, 0.3) is 10.9 Å². The Bertz CT molecular complexity index is 1560. The summed E-state index contributed by atoms with van der Waals surface area (Å²) < 4.78 is 35.5. The predicted octanol–water partition coefficient (Wildman–Crippen LogP) is 4.46. The molecule has 0 unspecified atom stereocenters. The van der Waals surface area contributed by atoms with E-state index in [-0.39, 0.29) is 40.4 Å². The summed E-state index contributed by atoms with van der Waals surface area (Å²) in [5.74, 6) is -1.44. The maximum absolute atomic E-state index is 15.1. The molecule has 4 heterocycles. The van der Waals surface area contributed by atoms with Gasteiger partial charge in [0.25, 0.3) is 5.91 Å². The Labute approximate surface area is 237 Å². The molecule has 2 aromatic heterocycles. The second-order valence-corrected chi connectivity index (χ2v) is 10.8. The van der Waals surface area contributed by atoms with Gasteiger partial charge in [0.1, 0.15) is 24.3 Å². The molecular formula is C30H33F2N7O2. The van der Waals surface area contributed by atoms with E-state index in [9.17, 15) is 9.18 Å². The lowest BCUT2D eigenvalue weighted by molar-refractivity contribution is 0.0649. The highest BCUT2D eigenvalue weighted by Crippen LogP contribution is 2.31. The first-order chi connectivity index (χ1) is 19.9.